The standard InChI is InChI=1S/C19H21NO4/c1-13-11-14(2)17(12-16(13)19(22)23)20-18(21)9-6-10-24-15-7-4-3-5-8-15/h3-5,7-8,11-12H,6,9-10H2,1-2H3,(H,20,21)(H,22,23). The van der Waals surface area contributed by atoms with E-state index in [1.165, 1.54) is 6.07 Å². The molecule has 0 unspecified atom stereocenters. The number of amides is 1. The lowest BCUT2D eigenvalue weighted by atomic mass is 10.0. The fraction of sp³-hybridized carbons (Fsp3) is 0.263. The average Bonchev–Trinajstić information content (AvgIpc) is 2.55. The summed E-state index contributed by atoms with van der Waals surface area (Å²) in [4.78, 5) is 23.2. The summed E-state index contributed by atoms with van der Waals surface area (Å²) < 4.78 is 5.54. The van der Waals surface area contributed by atoms with Gasteiger partial charge < -0.3 is 15.2 Å². The van der Waals surface area contributed by atoms with Crippen molar-refractivity contribution in [3.63, 3.8) is 0 Å². The highest BCUT2D eigenvalue weighted by molar-refractivity contribution is 5.95. The van der Waals surface area contributed by atoms with Gasteiger partial charge in [-0.2, -0.15) is 0 Å². The number of aryl methyl sites for hydroxylation is 2. The Bertz CT molecular complexity index is 726. The second-order valence-electron chi connectivity index (χ2n) is 5.60. The van der Waals surface area contributed by atoms with Gasteiger partial charge in [0.05, 0.1) is 12.2 Å². The highest BCUT2D eigenvalue weighted by Crippen LogP contribution is 2.21. The molecular weight excluding hydrogens is 306 g/mol. The van der Waals surface area contributed by atoms with Crippen LogP contribution in [0.15, 0.2) is 42.5 Å². The maximum absolute atomic E-state index is 12.0. The number of hydrogen-bond acceptors (Lipinski definition) is 3. The van der Waals surface area contributed by atoms with Crippen LogP contribution in [0.3, 0.4) is 0 Å². The van der Waals surface area contributed by atoms with E-state index in [-0.39, 0.29) is 11.5 Å². The molecule has 5 heteroatoms. The largest absolute Gasteiger partial charge is 0.494 e. The summed E-state index contributed by atoms with van der Waals surface area (Å²) in [5.41, 5.74) is 2.25. The maximum atomic E-state index is 12.0. The predicted molar refractivity (Wildman–Crippen MR) is 92.7 cm³/mol. The van der Waals surface area contributed by atoms with Crippen LogP contribution in [0.1, 0.15) is 34.3 Å². The fourth-order valence-corrected chi connectivity index (χ4v) is 2.37. The predicted octanol–water partition coefficient (Wildman–Crippen LogP) is 3.80. The van der Waals surface area contributed by atoms with Crippen LogP contribution < -0.4 is 10.1 Å². The Labute approximate surface area is 141 Å². The van der Waals surface area contributed by atoms with Gasteiger partial charge >= 0.3 is 5.97 Å². The van der Waals surface area contributed by atoms with Crippen molar-refractivity contribution in [3.8, 4) is 5.75 Å². The topological polar surface area (TPSA) is 75.6 Å². The van der Waals surface area contributed by atoms with E-state index in [0.29, 0.717) is 30.7 Å². The number of hydrogen-bond donors (Lipinski definition) is 2. The molecule has 0 bridgehead atoms. The number of benzene rings is 2. The van der Waals surface area contributed by atoms with Gasteiger partial charge in [-0.15, -0.1) is 0 Å². The van der Waals surface area contributed by atoms with Crippen LogP contribution in [0.2, 0.25) is 0 Å². The average molecular weight is 327 g/mol. The first-order chi connectivity index (χ1) is 11.5. The van der Waals surface area contributed by atoms with Crippen molar-refractivity contribution in [1.29, 1.82) is 0 Å². The Kier molecular flexibility index (Phi) is 5.95. The summed E-state index contributed by atoms with van der Waals surface area (Å²) in [6.45, 7) is 4.03. The van der Waals surface area contributed by atoms with Crippen LogP contribution in [-0.2, 0) is 4.79 Å². The molecule has 2 aromatic rings. The monoisotopic (exact) mass is 327 g/mol. The minimum absolute atomic E-state index is 0.157. The molecule has 0 spiro atoms. The number of para-hydroxylation sites is 1. The zero-order valence-electron chi connectivity index (χ0n) is 13.8. The Morgan fingerprint density at radius 1 is 1.08 bits per heavy atom. The van der Waals surface area contributed by atoms with E-state index in [9.17, 15) is 9.59 Å². The Balaban J connectivity index is 1.86. The zero-order valence-corrected chi connectivity index (χ0v) is 13.8. The molecule has 0 fully saturated rings. The van der Waals surface area contributed by atoms with Crippen LogP contribution in [0.5, 0.6) is 5.75 Å². The third-order valence-corrected chi connectivity index (χ3v) is 3.64. The number of rotatable bonds is 7. The molecule has 126 valence electrons. The van der Waals surface area contributed by atoms with Crippen molar-refractivity contribution in [1.82, 2.24) is 0 Å². The van der Waals surface area contributed by atoms with Gasteiger partial charge in [0.15, 0.2) is 0 Å². The summed E-state index contributed by atoms with van der Waals surface area (Å²) in [7, 11) is 0. The fourth-order valence-electron chi connectivity index (χ4n) is 2.37. The van der Waals surface area contributed by atoms with Crippen LogP contribution in [0.25, 0.3) is 0 Å². The first kappa shape index (κ1) is 17.5. The van der Waals surface area contributed by atoms with E-state index in [2.05, 4.69) is 5.32 Å². The smallest absolute Gasteiger partial charge is 0.336 e. The van der Waals surface area contributed by atoms with E-state index in [0.717, 1.165) is 11.3 Å². The van der Waals surface area contributed by atoms with Crippen molar-refractivity contribution in [2.45, 2.75) is 26.7 Å². The van der Waals surface area contributed by atoms with Crippen molar-refractivity contribution < 1.29 is 19.4 Å². The first-order valence-corrected chi connectivity index (χ1v) is 7.79. The lowest BCUT2D eigenvalue weighted by molar-refractivity contribution is -0.116. The molecule has 24 heavy (non-hydrogen) atoms. The molecule has 0 aliphatic carbocycles. The number of carboxylic acid groups (broad SMARTS) is 1. The highest BCUT2D eigenvalue weighted by Gasteiger charge is 2.12. The molecule has 0 saturated carbocycles. The van der Waals surface area contributed by atoms with Gasteiger partial charge in [0.2, 0.25) is 5.91 Å². The molecule has 0 heterocycles. The van der Waals surface area contributed by atoms with Gasteiger partial charge in [0.25, 0.3) is 0 Å². The molecule has 5 nitrogen and oxygen atoms in total. The van der Waals surface area contributed by atoms with Crippen LogP contribution in [-0.4, -0.2) is 23.6 Å². The van der Waals surface area contributed by atoms with E-state index in [1.54, 1.807) is 13.0 Å². The van der Waals surface area contributed by atoms with Crippen molar-refractivity contribution in [2.24, 2.45) is 0 Å². The first-order valence-electron chi connectivity index (χ1n) is 7.79. The summed E-state index contributed by atoms with van der Waals surface area (Å²) >= 11 is 0. The minimum atomic E-state index is -1.00. The zero-order chi connectivity index (χ0) is 17.5. The lowest BCUT2D eigenvalue weighted by Gasteiger charge is -2.12. The SMILES string of the molecule is Cc1cc(C)c(C(=O)O)cc1NC(=O)CCCOc1ccccc1. The number of anilines is 1. The molecule has 0 aliphatic rings. The number of ether oxygens (including phenoxy) is 1. The highest BCUT2D eigenvalue weighted by atomic mass is 16.5. The van der Waals surface area contributed by atoms with E-state index in [1.807, 2.05) is 37.3 Å². The maximum Gasteiger partial charge on any atom is 0.336 e. The number of aromatic carboxylic acids is 1. The lowest BCUT2D eigenvalue weighted by Crippen LogP contribution is -2.14. The second-order valence-corrected chi connectivity index (χ2v) is 5.60. The third-order valence-electron chi connectivity index (χ3n) is 3.64. The van der Waals surface area contributed by atoms with Crippen LogP contribution in [0.4, 0.5) is 5.69 Å². The molecule has 0 saturated heterocycles. The van der Waals surface area contributed by atoms with Gasteiger partial charge in [0, 0.05) is 12.1 Å². The number of nitrogens with one attached hydrogen (secondary N) is 1. The van der Waals surface area contributed by atoms with Crippen LogP contribution >= 0.6 is 0 Å². The quantitative estimate of drug-likeness (QED) is 0.759. The van der Waals surface area contributed by atoms with Gasteiger partial charge in [-0.1, -0.05) is 24.3 Å². The van der Waals surface area contributed by atoms with Crippen molar-refractivity contribution in [3.05, 3.63) is 59.2 Å². The molecule has 0 aliphatic heterocycles. The summed E-state index contributed by atoms with van der Waals surface area (Å²) in [5, 5.41) is 11.9. The van der Waals surface area contributed by atoms with Crippen molar-refractivity contribution in [2.75, 3.05) is 11.9 Å². The number of carbonyl (C=O) groups is 2. The summed E-state index contributed by atoms with van der Waals surface area (Å²) in [6.07, 6.45) is 0.889. The molecular formula is C19H21NO4. The minimum Gasteiger partial charge on any atom is -0.494 e. The van der Waals surface area contributed by atoms with Gasteiger partial charge in [-0.25, -0.2) is 4.79 Å². The second kappa shape index (κ2) is 8.15. The summed E-state index contributed by atoms with van der Waals surface area (Å²) in [5.74, 6) is -0.382. The molecule has 2 aromatic carbocycles. The molecule has 2 rings (SSSR count). The van der Waals surface area contributed by atoms with Gasteiger partial charge in [-0.05, 0) is 49.6 Å². The Morgan fingerprint density at radius 3 is 2.46 bits per heavy atom. The van der Waals surface area contributed by atoms with Crippen LogP contribution in [0, 0.1) is 13.8 Å². The number of carboxylic acids is 1. The normalized spacial score (nSPS) is 10.2. The van der Waals surface area contributed by atoms with E-state index >= 15 is 0 Å². The third kappa shape index (κ3) is 4.84. The van der Waals surface area contributed by atoms with Crippen molar-refractivity contribution >= 4 is 17.6 Å². The summed E-state index contributed by atoms with van der Waals surface area (Å²) in [6, 6.07) is 12.7. The van der Waals surface area contributed by atoms with Gasteiger partial charge in [-0.3, -0.25) is 4.79 Å². The number of carbonyl (C=O) groups excluding carboxylic acids is 1. The molecule has 0 aromatic heterocycles. The molecule has 0 atom stereocenters. The van der Waals surface area contributed by atoms with Gasteiger partial charge in [0.1, 0.15) is 5.75 Å². The molecule has 1 amide bonds. The Morgan fingerprint density at radius 2 is 1.79 bits per heavy atom. The van der Waals surface area contributed by atoms with E-state index in [4.69, 9.17) is 9.84 Å². The molecule has 2 N–H and O–H groups in total. The van der Waals surface area contributed by atoms with E-state index < -0.39 is 5.97 Å². The Hall–Kier alpha value is -2.82. The molecule has 0 radical (unpaired) electrons.